The van der Waals surface area contributed by atoms with Crippen LogP contribution in [0.1, 0.15) is 49.2 Å². The maximum Gasteiger partial charge on any atom is 0.237 e. The van der Waals surface area contributed by atoms with Gasteiger partial charge in [0.15, 0.2) is 0 Å². The van der Waals surface area contributed by atoms with E-state index < -0.39 is 0 Å². The van der Waals surface area contributed by atoms with E-state index in [1.165, 1.54) is 11.8 Å². The van der Waals surface area contributed by atoms with Crippen LogP contribution in [0, 0.1) is 18.3 Å². The number of carbonyl (C=O) groups is 2. The number of fused-ring (bicyclic) bond motifs is 1. The maximum atomic E-state index is 13.2. The Labute approximate surface area is 173 Å². The van der Waals surface area contributed by atoms with Gasteiger partial charge in [-0.1, -0.05) is 23.9 Å². The van der Waals surface area contributed by atoms with Crippen molar-refractivity contribution in [2.24, 2.45) is 0 Å². The van der Waals surface area contributed by atoms with Gasteiger partial charge in [0.05, 0.1) is 22.8 Å². The molecular weight excluding hydrogens is 386 g/mol. The molecule has 1 aromatic heterocycles. The zero-order valence-corrected chi connectivity index (χ0v) is 17.1. The Hall–Kier alpha value is -2.92. The summed E-state index contributed by atoms with van der Waals surface area (Å²) in [6.07, 6.45) is 2.36. The lowest BCUT2D eigenvalue weighted by molar-refractivity contribution is -0.117. The third-order valence-electron chi connectivity index (χ3n) is 5.09. The van der Waals surface area contributed by atoms with Crippen LogP contribution in [-0.4, -0.2) is 33.6 Å². The number of nitrogens with zero attached hydrogens (tertiary/aromatic N) is 4. The van der Waals surface area contributed by atoms with Crippen LogP contribution >= 0.6 is 11.8 Å². The highest BCUT2D eigenvalue weighted by atomic mass is 32.2. The lowest BCUT2D eigenvalue weighted by Gasteiger charge is -2.27. The van der Waals surface area contributed by atoms with Gasteiger partial charge in [-0.15, -0.1) is 0 Å². The average Bonchev–Trinajstić information content (AvgIpc) is 3.52. The van der Waals surface area contributed by atoms with Crippen LogP contribution in [-0.2, 0) is 9.59 Å². The van der Waals surface area contributed by atoms with Gasteiger partial charge in [-0.05, 0) is 38.8 Å². The second-order valence-electron chi connectivity index (χ2n) is 7.40. The molecule has 29 heavy (non-hydrogen) atoms. The lowest BCUT2D eigenvalue weighted by Crippen LogP contribution is -2.40. The van der Waals surface area contributed by atoms with E-state index in [4.69, 9.17) is 0 Å². The Morgan fingerprint density at radius 1 is 1.34 bits per heavy atom. The number of thioether (sulfide) groups is 1. The summed E-state index contributed by atoms with van der Waals surface area (Å²) in [6, 6.07) is 9.20. The van der Waals surface area contributed by atoms with Crippen molar-refractivity contribution in [2.75, 3.05) is 16.0 Å². The summed E-state index contributed by atoms with van der Waals surface area (Å²) in [4.78, 5) is 36.0. The van der Waals surface area contributed by atoms with Gasteiger partial charge >= 0.3 is 0 Å². The first-order chi connectivity index (χ1) is 14.0. The van der Waals surface area contributed by atoms with Crippen LogP contribution < -0.4 is 10.2 Å². The van der Waals surface area contributed by atoms with E-state index in [9.17, 15) is 14.9 Å². The number of nitrogens with one attached hydrogen (secondary N) is 1. The van der Waals surface area contributed by atoms with Gasteiger partial charge in [-0.25, -0.2) is 9.97 Å². The van der Waals surface area contributed by atoms with E-state index in [0.29, 0.717) is 33.6 Å². The second-order valence-corrected chi connectivity index (χ2v) is 8.37. The predicted octanol–water partition coefficient (Wildman–Crippen LogP) is 3.39. The third-order valence-corrected chi connectivity index (χ3v) is 6.05. The van der Waals surface area contributed by atoms with Gasteiger partial charge in [0.25, 0.3) is 0 Å². The number of aryl methyl sites for hydroxylation is 1. The van der Waals surface area contributed by atoms with Crippen molar-refractivity contribution in [3.05, 3.63) is 41.3 Å². The van der Waals surface area contributed by atoms with Crippen molar-refractivity contribution in [1.82, 2.24) is 9.97 Å². The van der Waals surface area contributed by atoms with E-state index in [1.54, 1.807) is 11.0 Å². The summed E-state index contributed by atoms with van der Waals surface area (Å²) in [5, 5.41) is 12.9. The van der Waals surface area contributed by atoms with E-state index in [-0.39, 0.29) is 30.0 Å². The summed E-state index contributed by atoms with van der Waals surface area (Å²) in [6.45, 7) is 3.67. The quantitative estimate of drug-likeness (QED) is 0.616. The number of rotatable bonds is 4. The summed E-state index contributed by atoms with van der Waals surface area (Å²) in [5.74, 6) is 1.02. The maximum absolute atomic E-state index is 13.2. The fourth-order valence-electron chi connectivity index (χ4n) is 3.49. The number of para-hydroxylation sites is 2. The van der Waals surface area contributed by atoms with E-state index in [0.717, 1.165) is 18.7 Å². The third kappa shape index (κ3) is 3.96. The monoisotopic (exact) mass is 407 g/mol. The molecule has 0 radical (unpaired) electrons. The highest BCUT2D eigenvalue weighted by Crippen LogP contribution is 2.39. The first-order valence-electron chi connectivity index (χ1n) is 9.60. The summed E-state index contributed by atoms with van der Waals surface area (Å²) < 4.78 is 0. The smallest absolute Gasteiger partial charge is 0.237 e. The molecule has 1 aromatic carbocycles. The Morgan fingerprint density at radius 2 is 2.10 bits per heavy atom. The van der Waals surface area contributed by atoms with Crippen LogP contribution in [0.3, 0.4) is 0 Å². The standard InChI is InChI=1S/C21H21N5O2S/c1-12-9-18(27)24-16-5-3-4-6-17(16)26(12)19(28)11-29-21-15(10-22)13(2)23-20(25-21)14-7-8-14/h3-6,12,14H,7-9,11H2,1-2H3,(H,24,27)/t12-/m0/s1. The summed E-state index contributed by atoms with van der Waals surface area (Å²) in [5.41, 5.74) is 2.40. The zero-order valence-electron chi connectivity index (χ0n) is 16.3. The molecule has 8 heteroatoms. The predicted molar refractivity (Wildman–Crippen MR) is 111 cm³/mol. The minimum absolute atomic E-state index is 0.111. The SMILES string of the molecule is Cc1nc(C2CC2)nc(SCC(=O)N2c3ccccc3NC(=O)C[C@@H]2C)c1C#N. The number of amides is 2. The fourth-order valence-corrected chi connectivity index (χ4v) is 4.39. The van der Waals surface area contributed by atoms with E-state index >= 15 is 0 Å². The summed E-state index contributed by atoms with van der Waals surface area (Å²) >= 11 is 1.26. The molecule has 4 rings (SSSR count). The van der Waals surface area contributed by atoms with Crippen molar-refractivity contribution in [3.8, 4) is 6.07 Å². The van der Waals surface area contributed by atoms with E-state index in [2.05, 4.69) is 21.4 Å². The molecule has 148 valence electrons. The van der Waals surface area contributed by atoms with Crippen molar-refractivity contribution in [1.29, 1.82) is 5.26 Å². The molecule has 1 atom stereocenters. The minimum atomic E-state index is -0.267. The Balaban J connectivity index is 1.59. The first-order valence-corrected chi connectivity index (χ1v) is 10.6. The highest BCUT2D eigenvalue weighted by Gasteiger charge is 2.31. The molecule has 0 unspecified atom stereocenters. The molecule has 1 N–H and O–H groups in total. The van der Waals surface area contributed by atoms with Crippen molar-refractivity contribution < 1.29 is 9.59 Å². The molecule has 1 fully saturated rings. The average molecular weight is 407 g/mol. The molecular formula is C21H21N5O2S. The fraction of sp³-hybridized carbons (Fsp3) is 0.381. The Bertz CT molecular complexity index is 1030. The molecule has 2 aliphatic rings. The van der Waals surface area contributed by atoms with Gasteiger partial charge in [0.2, 0.25) is 11.8 Å². The summed E-state index contributed by atoms with van der Waals surface area (Å²) in [7, 11) is 0. The van der Waals surface area contributed by atoms with Gasteiger partial charge < -0.3 is 10.2 Å². The van der Waals surface area contributed by atoms with Crippen LogP contribution in [0.5, 0.6) is 0 Å². The van der Waals surface area contributed by atoms with Gasteiger partial charge in [0.1, 0.15) is 22.5 Å². The topological polar surface area (TPSA) is 99.0 Å². The Morgan fingerprint density at radius 3 is 2.83 bits per heavy atom. The van der Waals surface area contributed by atoms with E-state index in [1.807, 2.05) is 32.0 Å². The molecule has 2 heterocycles. The highest BCUT2D eigenvalue weighted by molar-refractivity contribution is 8.00. The van der Waals surface area contributed by atoms with Gasteiger partial charge in [-0.2, -0.15) is 5.26 Å². The van der Waals surface area contributed by atoms with Crippen molar-refractivity contribution in [2.45, 2.75) is 50.1 Å². The lowest BCUT2D eigenvalue weighted by atomic mass is 10.2. The van der Waals surface area contributed by atoms with Crippen molar-refractivity contribution >= 4 is 35.0 Å². The number of aromatic nitrogens is 2. The van der Waals surface area contributed by atoms with Crippen molar-refractivity contribution in [3.63, 3.8) is 0 Å². The van der Waals surface area contributed by atoms with Crippen LogP contribution in [0.15, 0.2) is 29.3 Å². The first kappa shape index (κ1) is 19.4. The number of anilines is 2. The number of hydrogen-bond acceptors (Lipinski definition) is 6. The number of hydrogen-bond donors (Lipinski definition) is 1. The van der Waals surface area contributed by atoms with Crippen LogP contribution in [0.4, 0.5) is 11.4 Å². The molecule has 0 spiro atoms. The Kier molecular flexibility index (Phi) is 5.24. The normalized spacial score (nSPS) is 18.4. The molecule has 7 nitrogen and oxygen atoms in total. The minimum Gasteiger partial charge on any atom is -0.324 e. The molecule has 2 amide bonds. The van der Waals surface area contributed by atoms with Gasteiger partial charge in [-0.3, -0.25) is 9.59 Å². The molecule has 2 aromatic rings. The van der Waals surface area contributed by atoms with Crippen LogP contribution in [0.2, 0.25) is 0 Å². The number of nitriles is 1. The zero-order chi connectivity index (χ0) is 20.5. The second kappa shape index (κ2) is 7.84. The largest absolute Gasteiger partial charge is 0.324 e. The molecule has 1 saturated carbocycles. The van der Waals surface area contributed by atoms with Crippen LogP contribution in [0.25, 0.3) is 0 Å². The molecule has 0 bridgehead atoms. The van der Waals surface area contributed by atoms with Gasteiger partial charge in [0, 0.05) is 18.4 Å². The molecule has 1 aliphatic carbocycles. The molecule has 0 saturated heterocycles. The number of carbonyl (C=O) groups excluding carboxylic acids is 2. The molecule has 1 aliphatic heterocycles. The number of benzene rings is 1.